The minimum absolute atomic E-state index is 0. The third-order valence-electron chi connectivity index (χ3n) is 7.53. The summed E-state index contributed by atoms with van der Waals surface area (Å²) >= 11 is 0. The highest BCUT2D eigenvalue weighted by atomic mass is 19.1. The van der Waals surface area contributed by atoms with E-state index in [1.807, 2.05) is 18.2 Å². The number of nitrogens with zero attached hydrogens (tertiary/aromatic N) is 2. The van der Waals surface area contributed by atoms with Crippen LogP contribution in [0.4, 0.5) is 4.39 Å². The first-order valence-electron chi connectivity index (χ1n) is 13.7. The molecule has 0 fully saturated rings. The number of halogens is 1. The molecule has 2 aromatic heterocycles. The lowest BCUT2D eigenvalue weighted by molar-refractivity contribution is 0.589. The summed E-state index contributed by atoms with van der Waals surface area (Å²) in [5, 5.41) is 5.04. The van der Waals surface area contributed by atoms with Gasteiger partial charge in [0.15, 0.2) is 0 Å². The van der Waals surface area contributed by atoms with Crippen LogP contribution < -0.4 is 0 Å². The molecule has 0 radical (unpaired) electrons. The quantitative estimate of drug-likeness (QED) is 0.201. The highest BCUT2D eigenvalue weighted by Gasteiger charge is 2.18. The Morgan fingerprint density at radius 1 is 0.561 bits per heavy atom. The second-order valence-electron chi connectivity index (χ2n) is 12.1. The van der Waals surface area contributed by atoms with E-state index in [9.17, 15) is 4.39 Å². The molecule has 0 aliphatic carbocycles. The fourth-order valence-corrected chi connectivity index (χ4v) is 5.71. The summed E-state index contributed by atoms with van der Waals surface area (Å²) in [5.74, 6) is -0.179. The van der Waals surface area contributed by atoms with E-state index in [1.165, 1.54) is 49.9 Å². The molecule has 6 rings (SSSR count). The molecular weight excluding hydrogens is 503 g/mol. The molecule has 6 aromatic rings. The van der Waals surface area contributed by atoms with Gasteiger partial charge < -0.3 is 9.13 Å². The van der Waals surface area contributed by atoms with Crippen molar-refractivity contribution in [2.24, 2.45) is 0 Å². The Bertz CT molecular complexity index is 1770. The van der Waals surface area contributed by atoms with Crippen molar-refractivity contribution in [1.82, 2.24) is 9.13 Å². The van der Waals surface area contributed by atoms with Crippen molar-refractivity contribution in [1.29, 1.82) is 0 Å². The van der Waals surface area contributed by atoms with E-state index < -0.39 is 0 Å². The van der Waals surface area contributed by atoms with Crippen molar-refractivity contribution in [3.05, 3.63) is 95.8 Å². The van der Waals surface area contributed by atoms with Crippen molar-refractivity contribution in [3.8, 4) is 0 Å². The van der Waals surface area contributed by atoms with Gasteiger partial charge in [0.1, 0.15) is 5.82 Å². The minimum Gasteiger partial charge on any atom is -0.338 e. The van der Waals surface area contributed by atoms with Gasteiger partial charge in [0, 0.05) is 50.2 Å². The average Bonchev–Trinajstić information content (AvgIpc) is 3.35. The van der Waals surface area contributed by atoms with Crippen molar-refractivity contribution in [2.45, 2.75) is 95.2 Å². The highest BCUT2D eigenvalue weighted by Crippen LogP contribution is 2.35. The maximum Gasteiger partial charge on any atom is 0.125 e. The summed E-state index contributed by atoms with van der Waals surface area (Å²) in [4.78, 5) is 0. The van der Waals surface area contributed by atoms with E-state index in [-0.39, 0.29) is 33.5 Å². The van der Waals surface area contributed by atoms with Crippen molar-refractivity contribution < 1.29 is 4.39 Å². The molecule has 0 spiro atoms. The van der Waals surface area contributed by atoms with Crippen LogP contribution in [0.5, 0.6) is 0 Å². The molecule has 0 saturated carbocycles. The minimum atomic E-state index is -0.179. The molecule has 0 saturated heterocycles. The van der Waals surface area contributed by atoms with Crippen LogP contribution in [-0.4, -0.2) is 9.13 Å². The van der Waals surface area contributed by atoms with E-state index in [0.717, 1.165) is 10.9 Å². The van der Waals surface area contributed by atoms with E-state index in [1.54, 1.807) is 6.07 Å². The van der Waals surface area contributed by atoms with Crippen LogP contribution >= 0.6 is 0 Å². The number of aromatic nitrogens is 2. The topological polar surface area (TPSA) is 9.86 Å². The van der Waals surface area contributed by atoms with Gasteiger partial charge in [-0.25, -0.2) is 4.39 Å². The lowest BCUT2D eigenvalue weighted by Crippen LogP contribution is -2.11. The van der Waals surface area contributed by atoms with Crippen LogP contribution in [0, 0.1) is 12.7 Å². The predicted octanol–water partition coefficient (Wildman–Crippen LogP) is 12.4. The second-order valence-corrected chi connectivity index (χ2v) is 12.1. The molecule has 0 bridgehead atoms. The first kappa shape index (κ1) is 33.6. The van der Waals surface area contributed by atoms with Crippen LogP contribution in [-0.2, 0) is 5.41 Å². The second kappa shape index (κ2) is 12.5. The number of hydrogen-bond donors (Lipinski definition) is 0. The normalized spacial score (nSPS) is 11.4. The number of fused-ring (bicyclic) bond motifs is 6. The monoisotopic (exact) mass is 554 g/mol. The molecule has 2 heterocycles. The number of rotatable bonds is 2. The van der Waals surface area contributed by atoms with Crippen LogP contribution in [0.3, 0.4) is 0 Å². The molecule has 220 valence electrons. The number of hydrogen-bond acceptors (Lipinski definition) is 0. The van der Waals surface area contributed by atoms with Gasteiger partial charge in [-0.2, -0.15) is 0 Å². The molecular formula is C38H51FN2. The van der Waals surface area contributed by atoms with Gasteiger partial charge in [0.05, 0.1) is 5.52 Å². The van der Waals surface area contributed by atoms with E-state index in [4.69, 9.17) is 0 Å². The van der Waals surface area contributed by atoms with E-state index >= 15 is 0 Å². The summed E-state index contributed by atoms with van der Waals surface area (Å²) in [6, 6.07) is 27.8. The smallest absolute Gasteiger partial charge is 0.125 e. The molecule has 0 unspecified atom stereocenters. The Kier molecular flexibility index (Phi) is 10.3. The SMILES string of the molecule is C.C.C.CC(C)n1c2ccccc2c2ccc(F)cc21.Cc1ccc2c3ccc(C(C)(C)C)cc3n(C(C)C)c2c1. The summed E-state index contributed by atoms with van der Waals surface area (Å²) < 4.78 is 18.1. The molecule has 3 heteroatoms. The van der Waals surface area contributed by atoms with Crippen LogP contribution in [0.2, 0.25) is 0 Å². The van der Waals surface area contributed by atoms with Gasteiger partial charge >= 0.3 is 0 Å². The molecule has 0 N–H and O–H groups in total. The average molecular weight is 555 g/mol. The largest absolute Gasteiger partial charge is 0.338 e. The Morgan fingerprint density at radius 2 is 1.02 bits per heavy atom. The Balaban J connectivity index is 0.000000272. The van der Waals surface area contributed by atoms with Crippen molar-refractivity contribution in [2.75, 3.05) is 0 Å². The summed E-state index contributed by atoms with van der Waals surface area (Å²) in [6.07, 6.45) is 0. The lowest BCUT2D eigenvalue weighted by Gasteiger charge is -2.20. The zero-order valence-electron chi connectivity index (χ0n) is 23.9. The third-order valence-corrected chi connectivity index (χ3v) is 7.53. The Morgan fingerprint density at radius 3 is 1.61 bits per heavy atom. The molecule has 0 aliphatic heterocycles. The summed E-state index contributed by atoms with van der Waals surface area (Å²) in [5.41, 5.74) is 7.76. The van der Waals surface area contributed by atoms with Gasteiger partial charge in [0.25, 0.3) is 0 Å². The first-order chi connectivity index (χ1) is 18.0. The standard InChI is InChI=1S/C20H25N.C15H14FN.3CH4/c1-13(2)21-18-11-14(3)7-9-16(18)17-10-8-15(12-19(17)21)20(4,5)6;1-10(2)17-14-6-4-3-5-12(14)13-8-7-11(16)9-15(13)17;;;/h7-13H,1-6H3;3-10H,1-2H3;3*1H4. The molecule has 0 aliphatic rings. The van der Waals surface area contributed by atoms with Gasteiger partial charge in [-0.05, 0) is 87.6 Å². The molecule has 41 heavy (non-hydrogen) atoms. The fourth-order valence-electron chi connectivity index (χ4n) is 5.71. The maximum absolute atomic E-state index is 13.4. The Hall–Kier alpha value is -3.59. The zero-order chi connectivity index (χ0) is 27.4. The van der Waals surface area contributed by atoms with E-state index in [2.05, 4.69) is 113 Å². The number of benzene rings is 4. The third kappa shape index (κ3) is 6.05. The molecule has 0 atom stereocenters. The zero-order valence-corrected chi connectivity index (χ0v) is 23.9. The number of aryl methyl sites for hydroxylation is 1. The van der Waals surface area contributed by atoms with Crippen LogP contribution in [0.15, 0.2) is 78.9 Å². The van der Waals surface area contributed by atoms with Gasteiger partial charge in [-0.15, -0.1) is 0 Å². The maximum atomic E-state index is 13.4. The van der Waals surface area contributed by atoms with Gasteiger partial charge in [0.2, 0.25) is 0 Å². The fraction of sp³-hybridized carbons (Fsp3) is 0.368. The van der Waals surface area contributed by atoms with E-state index in [0.29, 0.717) is 12.1 Å². The summed E-state index contributed by atoms with van der Waals surface area (Å²) in [6.45, 7) is 17.8. The van der Waals surface area contributed by atoms with Gasteiger partial charge in [-0.3, -0.25) is 0 Å². The first-order valence-corrected chi connectivity index (χ1v) is 13.7. The molecule has 0 amide bonds. The predicted molar refractivity (Wildman–Crippen MR) is 183 cm³/mol. The summed E-state index contributed by atoms with van der Waals surface area (Å²) in [7, 11) is 0. The number of para-hydroxylation sites is 1. The highest BCUT2D eigenvalue weighted by molar-refractivity contribution is 6.09. The van der Waals surface area contributed by atoms with Crippen LogP contribution in [0.1, 0.15) is 94.0 Å². The Labute approximate surface area is 247 Å². The van der Waals surface area contributed by atoms with Gasteiger partial charge in [-0.1, -0.05) is 85.5 Å². The van der Waals surface area contributed by atoms with Crippen molar-refractivity contribution >= 4 is 43.6 Å². The van der Waals surface area contributed by atoms with Crippen LogP contribution in [0.25, 0.3) is 43.6 Å². The molecule has 2 nitrogen and oxygen atoms in total. The van der Waals surface area contributed by atoms with Crippen molar-refractivity contribution in [3.63, 3.8) is 0 Å². The molecule has 4 aromatic carbocycles. The lowest BCUT2D eigenvalue weighted by atomic mass is 9.86.